The van der Waals surface area contributed by atoms with Crippen LogP contribution in [0.4, 0.5) is 0 Å². The van der Waals surface area contributed by atoms with Crippen molar-refractivity contribution in [3.05, 3.63) is 0 Å². The minimum atomic E-state index is -2.82. The summed E-state index contributed by atoms with van der Waals surface area (Å²) < 4.78 is 15.5. The molecule has 5 heteroatoms. The van der Waals surface area contributed by atoms with E-state index in [0.717, 1.165) is 19.3 Å². The van der Waals surface area contributed by atoms with Crippen molar-refractivity contribution in [3.8, 4) is 0 Å². The third-order valence-electron chi connectivity index (χ3n) is 2.34. The van der Waals surface area contributed by atoms with Gasteiger partial charge in [0.05, 0.1) is 0 Å². The summed E-state index contributed by atoms with van der Waals surface area (Å²) in [6.45, 7) is 2.13. The first-order valence-electron chi connectivity index (χ1n) is 5.00. The molecule has 0 bridgehead atoms. The number of hydrogen-bond donors (Lipinski definition) is 1. The average Bonchev–Trinajstić information content (AvgIpc) is 2.22. The Morgan fingerprint density at radius 1 is 1.07 bits per heavy atom. The normalized spacial score (nSPS) is 14.4. The smallest absolute Gasteiger partial charge is 0.389 e. The highest BCUT2D eigenvalue weighted by molar-refractivity contribution is 6.61. The Hall–Kier alpha value is 0.0569. The van der Waals surface area contributed by atoms with Crippen LogP contribution in [0.25, 0.3) is 0 Å². The van der Waals surface area contributed by atoms with Gasteiger partial charge in [-0.25, -0.2) is 0 Å². The summed E-state index contributed by atoms with van der Waals surface area (Å²) in [4.78, 5) is 0. The maximum atomic E-state index is 9.87. The van der Waals surface area contributed by atoms with Crippen LogP contribution in [0.2, 0.25) is 0 Å². The van der Waals surface area contributed by atoms with Crippen LogP contribution in [0.15, 0.2) is 0 Å². The van der Waals surface area contributed by atoms with E-state index in [9.17, 15) is 5.11 Å². The number of rotatable bonds is 8. The van der Waals surface area contributed by atoms with Crippen molar-refractivity contribution in [2.24, 2.45) is 0 Å². The molecule has 0 aromatic rings. The molecular formula is C9H22O4Si. The lowest BCUT2D eigenvalue weighted by Gasteiger charge is -2.28. The van der Waals surface area contributed by atoms with Gasteiger partial charge in [-0.05, 0) is 6.42 Å². The predicted octanol–water partition coefficient (Wildman–Crippen LogP) is 1.34. The van der Waals surface area contributed by atoms with Crippen molar-refractivity contribution >= 4 is 8.80 Å². The van der Waals surface area contributed by atoms with Crippen LogP contribution < -0.4 is 0 Å². The Balaban J connectivity index is 4.07. The SMILES string of the molecule is CCCCCC(O)[Si](OC)(OC)OC. The molecule has 0 amide bonds. The first-order chi connectivity index (χ1) is 6.66. The van der Waals surface area contributed by atoms with E-state index in [-0.39, 0.29) is 0 Å². The molecule has 0 radical (unpaired) electrons. The molecule has 0 aromatic heterocycles. The highest BCUT2D eigenvalue weighted by atomic mass is 28.4. The van der Waals surface area contributed by atoms with Crippen molar-refractivity contribution in [2.75, 3.05) is 21.3 Å². The summed E-state index contributed by atoms with van der Waals surface area (Å²) in [6.07, 6.45) is 3.89. The van der Waals surface area contributed by atoms with Gasteiger partial charge in [0.25, 0.3) is 0 Å². The highest BCUT2D eigenvalue weighted by Gasteiger charge is 2.46. The highest BCUT2D eigenvalue weighted by Crippen LogP contribution is 2.17. The zero-order valence-corrected chi connectivity index (χ0v) is 10.6. The van der Waals surface area contributed by atoms with Crippen LogP contribution in [0.1, 0.15) is 32.6 Å². The van der Waals surface area contributed by atoms with Gasteiger partial charge in [-0.3, -0.25) is 0 Å². The fourth-order valence-corrected chi connectivity index (χ4v) is 3.30. The second-order valence-electron chi connectivity index (χ2n) is 3.23. The lowest BCUT2D eigenvalue weighted by atomic mass is 10.2. The first kappa shape index (κ1) is 14.1. The maximum absolute atomic E-state index is 9.87. The molecule has 0 aliphatic rings. The molecule has 0 saturated heterocycles. The molecule has 14 heavy (non-hydrogen) atoms. The van der Waals surface area contributed by atoms with E-state index in [1.165, 1.54) is 21.3 Å². The molecule has 0 aromatic carbocycles. The van der Waals surface area contributed by atoms with Crippen LogP contribution in [-0.4, -0.2) is 41.0 Å². The fraction of sp³-hybridized carbons (Fsp3) is 1.00. The Morgan fingerprint density at radius 2 is 1.57 bits per heavy atom. The quantitative estimate of drug-likeness (QED) is 0.497. The molecule has 0 rings (SSSR count). The van der Waals surface area contributed by atoms with Gasteiger partial charge in [-0.2, -0.15) is 0 Å². The topological polar surface area (TPSA) is 47.9 Å². The Bertz CT molecular complexity index is 131. The van der Waals surface area contributed by atoms with Crippen LogP contribution in [0, 0.1) is 0 Å². The number of hydrogen-bond acceptors (Lipinski definition) is 4. The summed E-state index contributed by atoms with van der Waals surface area (Å²) in [7, 11) is 1.73. The molecule has 0 aliphatic heterocycles. The molecule has 1 atom stereocenters. The molecule has 4 nitrogen and oxygen atoms in total. The van der Waals surface area contributed by atoms with Crippen LogP contribution in [0.3, 0.4) is 0 Å². The summed E-state index contributed by atoms with van der Waals surface area (Å²) in [6, 6.07) is 0. The monoisotopic (exact) mass is 222 g/mol. The summed E-state index contributed by atoms with van der Waals surface area (Å²) in [5, 5.41) is 9.87. The molecule has 0 fully saturated rings. The minimum Gasteiger partial charge on any atom is -0.389 e. The van der Waals surface area contributed by atoms with Crippen LogP contribution in [0.5, 0.6) is 0 Å². The zero-order chi connectivity index (χ0) is 11.0. The molecule has 1 N–H and O–H groups in total. The third kappa shape index (κ3) is 3.66. The molecule has 0 spiro atoms. The summed E-state index contributed by atoms with van der Waals surface area (Å²) in [5.74, 6) is 0. The van der Waals surface area contributed by atoms with E-state index in [4.69, 9.17) is 13.3 Å². The number of aliphatic hydroxyl groups is 1. The van der Waals surface area contributed by atoms with Crippen molar-refractivity contribution in [2.45, 2.75) is 38.3 Å². The van der Waals surface area contributed by atoms with E-state index in [0.29, 0.717) is 6.42 Å². The second-order valence-corrected chi connectivity index (χ2v) is 6.33. The van der Waals surface area contributed by atoms with Crippen LogP contribution in [-0.2, 0) is 13.3 Å². The van der Waals surface area contributed by atoms with E-state index in [1.807, 2.05) is 0 Å². The molecule has 0 saturated carbocycles. The Labute approximate surface area is 87.5 Å². The number of unbranched alkanes of at least 4 members (excludes halogenated alkanes) is 2. The van der Waals surface area contributed by atoms with Gasteiger partial charge in [0.1, 0.15) is 5.73 Å². The second kappa shape index (κ2) is 7.36. The van der Waals surface area contributed by atoms with Gasteiger partial charge in [-0.15, -0.1) is 0 Å². The molecule has 1 unspecified atom stereocenters. The maximum Gasteiger partial charge on any atom is 0.530 e. The molecule has 86 valence electrons. The average molecular weight is 222 g/mol. The van der Waals surface area contributed by atoms with Gasteiger partial charge >= 0.3 is 8.80 Å². The van der Waals surface area contributed by atoms with E-state index >= 15 is 0 Å². The number of aliphatic hydroxyl groups excluding tert-OH is 1. The fourth-order valence-electron chi connectivity index (χ4n) is 1.42. The molecule has 0 heterocycles. The van der Waals surface area contributed by atoms with Crippen molar-refractivity contribution < 1.29 is 18.4 Å². The largest absolute Gasteiger partial charge is 0.530 e. The van der Waals surface area contributed by atoms with Crippen molar-refractivity contribution in [3.63, 3.8) is 0 Å². The Morgan fingerprint density at radius 3 is 1.93 bits per heavy atom. The predicted molar refractivity (Wildman–Crippen MR) is 56.9 cm³/mol. The Kier molecular flexibility index (Phi) is 7.39. The van der Waals surface area contributed by atoms with Gasteiger partial charge in [0.15, 0.2) is 0 Å². The van der Waals surface area contributed by atoms with E-state index in [2.05, 4.69) is 6.92 Å². The molecule has 0 aliphatic carbocycles. The standard InChI is InChI=1S/C9H22O4Si/c1-5-6-7-8-9(10)14(11-2,12-3)13-4/h9-10H,5-8H2,1-4H3. The lowest BCUT2D eigenvalue weighted by molar-refractivity contribution is 0.0545. The summed E-state index contributed by atoms with van der Waals surface area (Å²) in [5.41, 5.74) is -0.617. The van der Waals surface area contributed by atoms with Gasteiger partial charge in [0.2, 0.25) is 0 Å². The van der Waals surface area contributed by atoms with Gasteiger partial charge < -0.3 is 18.4 Å². The third-order valence-corrected chi connectivity index (χ3v) is 5.15. The van der Waals surface area contributed by atoms with E-state index < -0.39 is 14.5 Å². The van der Waals surface area contributed by atoms with E-state index in [1.54, 1.807) is 0 Å². The minimum absolute atomic E-state index is 0.617. The van der Waals surface area contributed by atoms with Crippen molar-refractivity contribution in [1.29, 1.82) is 0 Å². The van der Waals surface area contributed by atoms with Gasteiger partial charge in [0, 0.05) is 21.3 Å². The van der Waals surface area contributed by atoms with Crippen molar-refractivity contribution in [1.82, 2.24) is 0 Å². The zero-order valence-electron chi connectivity index (χ0n) is 9.58. The summed E-state index contributed by atoms with van der Waals surface area (Å²) >= 11 is 0. The first-order valence-corrected chi connectivity index (χ1v) is 6.80. The van der Waals surface area contributed by atoms with Gasteiger partial charge in [-0.1, -0.05) is 26.2 Å². The van der Waals surface area contributed by atoms with Crippen LogP contribution >= 0.6 is 0 Å². The molecular weight excluding hydrogens is 200 g/mol. The lowest BCUT2D eigenvalue weighted by Crippen LogP contribution is -2.54.